The predicted octanol–water partition coefficient (Wildman–Crippen LogP) is 4.64. The van der Waals surface area contributed by atoms with Crippen LogP contribution in [0.3, 0.4) is 0 Å². The van der Waals surface area contributed by atoms with Gasteiger partial charge >= 0.3 is 0 Å². The van der Waals surface area contributed by atoms with Crippen LogP contribution in [0.5, 0.6) is 5.75 Å². The number of benzene rings is 1. The lowest BCUT2D eigenvalue weighted by molar-refractivity contribution is 0.108. The third kappa shape index (κ3) is 5.87. The highest BCUT2D eigenvalue weighted by molar-refractivity contribution is 8.14. The number of hydrogen-bond acceptors (Lipinski definition) is 4. The van der Waals surface area contributed by atoms with Crippen molar-refractivity contribution in [1.82, 2.24) is 4.90 Å². The molecule has 0 spiro atoms. The van der Waals surface area contributed by atoms with Crippen LogP contribution in [0.2, 0.25) is 10.0 Å². The summed E-state index contributed by atoms with van der Waals surface area (Å²) in [6.07, 6.45) is 0. The number of carbonyl (C=O) groups excluding carboxylic acids is 1. The number of hydrogen-bond donors (Lipinski definition) is 0. The molecule has 0 saturated carbocycles. The van der Waals surface area contributed by atoms with Crippen LogP contribution in [0.25, 0.3) is 0 Å². The van der Waals surface area contributed by atoms with E-state index in [1.807, 2.05) is 0 Å². The van der Waals surface area contributed by atoms with Crippen LogP contribution >= 0.6 is 47.4 Å². The van der Waals surface area contributed by atoms with E-state index in [0.29, 0.717) is 27.1 Å². The van der Waals surface area contributed by atoms with Gasteiger partial charge in [0.1, 0.15) is 0 Å². The smallest absolute Gasteiger partial charge is 0.224 e. The van der Waals surface area contributed by atoms with E-state index >= 15 is 0 Å². The van der Waals surface area contributed by atoms with Gasteiger partial charge in [-0.2, -0.15) is 0 Å². The van der Waals surface area contributed by atoms with Crippen LogP contribution in [0.1, 0.15) is 24.2 Å². The van der Waals surface area contributed by atoms with Gasteiger partial charge in [0.25, 0.3) is 0 Å². The Balaban J connectivity index is 0.00000400. The number of thioether (sulfide) groups is 1. The molecule has 3 nitrogen and oxygen atoms in total. The first-order chi connectivity index (χ1) is 9.54. The Morgan fingerprint density at radius 1 is 1.24 bits per heavy atom. The van der Waals surface area contributed by atoms with E-state index in [2.05, 4.69) is 18.7 Å². The Bertz CT molecular complexity index is 468. The minimum absolute atomic E-state index is 0. The lowest BCUT2D eigenvalue weighted by Gasteiger charge is -2.17. The average Bonchev–Trinajstić information content (AvgIpc) is 2.45. The van der Waals surface area contributed by atoms with Gasteiger partial charge in [0.2, 0.25) is 5.12 Å². The molecule has 0 aliphatic heterocycles. The maximum Gasteiger partial charge on any atom is 0.224 e. The Kier molecular flexibility index (Phi) is 10.5. The largest absolute Gasteiger partial charge is 0.494 e. The van der Waals surface area contributed by atoms with Crippen LogP contribution in [0, 0.1) is 0 Å². The van der Waals surface area contributed by atoms with Crippen molar-refractivity contribution in [1.29, 1.82) is 0 Å². The third-order valence-electron chi connectivity index (χ3n) is 3.00. The highest BCUT2D eigenvalue weighted by Gasteiger charge is 2.19. The molecule has 0 fully saturated rings. The lowest BCUT2D eigenvalue weighted by atomic mass is 10.2. The van der Waals surface area contributed by atoms with E-state index in [0.717, 1.165) is 19.6 Å². The average molecular weight is 373 g/mol. The molecule has 0 N–H and O–H groups in total. The van der Waals surface area contributed by atoms with Crippen molar-refractivity contribution in [3.05, 3.63) is 27.7 Å². The molecule has 0 radical (unpaired) electrons. The Hall–Kier alpha value is -0.130. The first kappa shape index (κ1) is 20.9. The van der Waals surface area contributed by atoms with Gasteiger partial charge in [-0.05, 0) is 25.2 Å². The standard InChI is InChI=1S/C14H19Cl2NO2S.ClH/c1-4-17(5-2)8-9-20-14(18)12-10(15)6-7-11(16)13(12)19-3;/h6-7H,4-5,8-9H2,1-3H3;1H. The zero-order chi connectivity index (χ0) is 15.1. The molecular weight excluding hydrogens is 353 g/mol. The van der Waals surface area contributed by atoms with Crippen molar-refractivity contribution < 1.29 is 9.53 Å². The topological polar surface area (TPSA) is 29.5 Å². The molecule has 0 amide bonds. The quantitative estimate of drug-likeness (QED) is 0.697. The second-order valence-electron chi connectivity index (χ2n) is 4.10. The second-order valence-corrected chi connectivity index (χ2v) is 5.98. The van der Waals surface area contributed by atoms with E-state index < -0.39 is 0 Å². The Morgan fingerprint density at radius 3 is 2.33 bits per heavy atom. The zero-order valence-corrected chi connectivity index (χ0v) is 15.5. The minimum atomic E-state index is -0.110. The first-order valence-electron chi connectivity index (χ1n) is 6.46. The van der Waals surface area contributed by atoms with Gasteiger partial charge in [-0.3, -0.25) is 4.79 Å². The molecule has 0 aliphatic rings. The number of carbonyl (C=O) groups is 1. The van der Waals surface area contributed by atoms with Crippen molar-refractivity contribution in [2.24, 2.45) is 0 Å². The van der Waals surface area contributed by atoms with Crippen molar-refractivity contribution >= 4 is 52.5 Å². The van der Waals surface area contributed by atoms with E-state index in [1.54, 1.807) is 12.1 Å². The molecular formula is C14H20Cl3NO2S. The zero-order valence-electron chi connectivity index (χ0n) is 12.3. The predicted molar refractivity (Wildman–Crippen MR) is 94.8 cm³/mol. The molecule has 120 valence electrons. The van der Waals surface area contributed by atoms with Gasteiger partial charge in [-0.15, -0.1) is 12.4 Å². The Labute approximate surface area is 146 Å². The van der Waals surface area contributed by atoms with Crippen LogP contribution < -0.4 is 4.74 Å². The van der Waals surface area contributed by atoms with Gasteiger partial charge in [0.15, 0.2) is 5.75 Å². The van der Waals surface area contributed by atoms with E-state index in [1.165, 1.54) is 18.9 Å². The summed E-state index contributed by atoms with van der Waals surface area (Å²) < 4.78 is 5.19. The highest BCUT2D eigenvalue weighted by atomic mass is 35.5. The van der Waals surface area contributed by atoms with Gasteiger partial charge in [-0.1, -0.05) is 48.8 Å². The second kappa shape index (κ2) is 10.6. The summed E-state index contributed by atoms with van der Waals surface area (Å²) in [7, 11) is 1.48. The SMILES string of the molecule is CCN(CC)CCSC(=O)c1c(Cl)ccc(Cl)c1OC.Cl. The minimum Gasteiger partial charge on any atom is -0.494 e. The number of methoxy groups -OCH3 is 1. The van der Waals surface area contributed by atoms with Gasteiger partial charge in [0.05, 0.1) is 22.7 Å². The fourth-order valence-electron chi connectivity index (χ4n) is 1.80. The molecule has 1 aromatic rings. The molecule has 0 aromatic heterocycles. The first-order valence-corrected chi connectivity index (χ1v) is 8.20. The summed E-state index contributed by atoms with van der Waals surface area (Å²) >= 11 is 13.3. The van der Waals surface area contributed by atoms with Gasteiger partial charge < -0.3 is 9.64 Å². The molecule has 0 unspecified atom stereocenters. The van der Waals surface area contributed by atoms with Crippen molar-refractivity contribution in [2.45, 2.75) is 13.8 Å². The maximum atomic E-state index is 12.3. The third-order valence-corrected chi connectivity index (χ3v) is 4.47. The van der Waals surface area contributed by atoms with Gasteiger partial charge in [0, 0.05) is 12.3 Å². The molecule has 0 aliphatic carbocycles. The fraction of sp³-hybridized carbons (Fsp3) is 0.500. The maximum absolute atomic E-state index is 12.3. The summed E-state index contributed by atoms with van der Waals surface area (Å²) in [6.45, 7) is 7.03. The monoisotopic (exact) mass is 371 g/mol. The van der Waals surface area contributed by atoms with E-state index in [-0.39, 0.29) is 17.5 Å². The summed E-state index contributed by atoms with van der Waals surface area (Å²) in [5.74, 6) is 1.06. The fourth-order valence-corrected chi connectivity index (χ4v) is 3.21. The Morgan fingerprint density at radius 2 is 1.81 bits per heavy atom. The summed E-state index contributed by atoms with van der Waals surface area (Å²) in [4.78, 5) is 14.5. The molecule has 7 heteroatoms. The molecule has 21 heavy (non-hydrogen) atoms. The summed E-state index contributed by atoms with van der Waals surface area (Å²) in [5, 5.41) is 0.651. The molecule has 1 rings (SSSR count). The van der Waals surface area contributed by atoms with E-state index in [9.17, 15) is 4.79 Å². The van der Waals surface area contributed by atoms with Crippen LogP contribution in [0.4, 0.5) is 0 Å². The van der Waals surface area contributed by atoms with Crippen molar-refractivity contribution in [2.75, 3.05) is 32.5 Å². The number of halogens is 3. The molecule has 0 heterocycles. The molecule has 0 saturated heterocycles. The van der Waals surface area contributed by atoms with E-state index in [4.69, 9.17) is 27.9 Å². The summed E-state index contributed by atoms with van der Waals surface area (Å²) in [6, 6.07) is 3.24. The highest BCUT2D eigenvalue weighted by Crippen LogP contribution is 2.36. The number of ether oxygens (including phenoxy) is 1. The molecule has 0 bridgehead atoms. The number of rotatable bonds is 7. The van der Waals surface area contributed by atoms with Gasteiger partial charge in [-0.25, -0.2) is 0 Å². The van der Waals surface area contributed by atoms with Crippen LogP contribution in [-0.4, -0.2) is 42.5 Å². The molecule has 1 aromatic carbocycles. The molecule has 0 atom stereocenters. The van der Waals surface area contributed by atoms with Crippen LogP contribution in [0.15, 0.2) is 12.1 Å². The van der Waals surface area contributed by atoms with Crippen molar-refractivity contribution in [3.63, 3.8) is 0 Å². The summed E-state index contributed by atoms with van der Waals surface area (Å²) in [5.41, 5.74) is 0.353. The van der Waals surface area contributed by atoms with Crippen molar-refractivity contribution in [3.8, 4) is 5.75 Å². The number of nitrogens with zero attached hydrogens (tertiary/aromatic N) is 1. The van der Waals surface area contributed by atoms with Crippen LogP contribution in [-0.2, 0) is 0 Å². The lowest BCUT2D eigenvalue weighted by Crippen LogP contribution is -2.25. The normalized spacial score (nSPS) is 10.4.